The topological polar surface area (TPSA) is 37.2 Å². The van der Waals surface area contributed by atoms with Crippen LogP contribution in [0.3, 0.4) is 0 Å². The number of hydrogen-bond acceptors (Lipinski definition) is 3. The average Bonchev–Trinajstić information content (AvgIpc) is 3.19. The fourth-order valence-corrected chi connectivity index (χ4v) is 2.70. The van der Waals surface area contributed by atoms with E-state index in [0.717, 1.165) is 17.8 Å². The van der Waals surface area contributed by atoms with Crippen LogP contribution >= 0.6 is 0 Å². The summed E-state index contributed by atoms with van der Waals surface area (Å²) in [5, 5.41) is 8.76. The molecule has 0 fully saturated rings. The maximum Gasteiger partial charge on any atom is 0.135 e. The fourth-order valence-electron chi connectivity index (χ4n) is 2.70. The molecule has 0 unspecified atom stereocenters. The molecule has 0 atom stereocenters. The summed E-state index contributed by atoms with van der Waals surface area (Å²) in [6.45, 7) is 0.860. The van der Waals surface area contributed by atoms with E-state index in [2.05, 4.69) is 34.9 Å². The Morgan fingerprint density at radius 2 is 1.05 bits per heavy atom. The molecule has 2 heterocycles. The Hall–Kier alpha value is -2.94. The fraction of sp³-hybridized carbons (Fsp3) is 0.0526. The Labute approximate surface area is 128 Å². The molecule has 1 aliphatic rings. The Morgan fingerprint density at radius 3 is 1.59 bits per heavy atom. The van der Waals surface area contributed by atoms with Crippen molar-refractivity contribution in [3.63, 3.8) is 0 Å². The second-order valence-corrected chi connectivity index (χ2v) is 5.17. The van der Waals surface area contributed by atoms with Crippen molar-refractivity contribution >= 4 is 33.3 Å². The maximum absolute atomic E-state index is 5.65. The Morgan fingerprint density at radius 1 is 0.591 bits per heavy atom. The zero-order valence-electron chi connectivity index (χ0n) is 12.0. The van der Waals surface area contributed by atoms with Crippen LogP contribution in [0.2, 0.25) is 0 Å². The monoisotopic (exact) mass is 288 g/mol. The highest BCUT2D eigenvalue weighted by atomic mass is 16.3. The van der Waals surface area contributed by atoms with Crippen molar-refractivity contribution in [1.29, 1.82) is 0 Å². The first-order chi connectivity index (χ1) is 10.9. The zero-order valence-corrected chi connectivity index (χ0v) is 12.0. The predicted molar refractivity (Wildman–Crippen MR) is 92.3 cm³/mol. The van der Waals surface area contributed by atoms with Crippen LogP contribution in [-0.2, 0) is 0 Å². The normalized spacial score (nSPS) is 12.2. The number of fused-ring (bicyclic) bond motifs is 4. The molecule has 22 heavy (non-hydrogen) atoms. The molecule has 108 valence electrons. The van der Waals surface area contributed by atoms with Gasteiger partial charge in [-0.3, -0.25) is 0 Å². The third-order valence-electron chi connectivity index (χ3n) is 3.77. The van der Waals surface area contributed by atoms with Gasteiger partial charge in [-0.1, -0.05) is 48.5 Å². The molecule has 3 nitrogen and oxygen atoms in total. The van der Waals surface area contributed by atoms with Gasteiger partial charge in [0, 0.05) is 10.8 Å². The van der Waals surface area contributed by atoms with Gasteiger partial charge in [0.25, 0.3) is 0 Å². The van der Waals surface area contributed by atoms with E-state index in [9.17, 15) is 0 Å². The molecule has 0 saturated carbocycles. The van der Waals surface area contributed by atoms with E-state index in [1.165, 1.54) is 22.1 Å². The van der Waals surface area contributed by atoms with Crippen LogP contribution in [0, 0.1) is 0 Å². The first-order valence-corrected chi connectivity index (χ1v) is 7.35. The highest BCUT2D eigenvalue weighted by Gasteiger charge is 2.04. The van der Waals surface area contributed by atoms with E-state index < -0.39 is 0 Å². The molecule has 0 spiro atoms. The molecular formula is C19H16N2O. The lowest BCUT2D eigenvalue weighted by molar-refractivity contribution is 0.669. The highest BCUT2D eigenvalue weighted by Crippen LogP contribution is 2.27. The van der Waals surface area contributed by atoms with Gasteiger partial charge in [-0.15, -0.1) is 0 Å². The van der Waals surface area contributed by atoms with E-state index in [0.29, 0.717) is 0 Å². The van der Waals surface area contributed by atoms with E-state index >= 15 is 0 Å². The molecule has 0 saturated heterocycles. The predicted octanol–water partition coefficient (Wildman–Crippen LogP) is 5.07. The van der Waals surface area contributed by atoms with E-state index in [4.69, 9.17) is 4.42 Å². The lowest BCUT2D eigenvalue weighted by Gasteiger charge is -1.93. The standard InChI is InChI=1S/C12H8O.C7H8N2/c1-3-7-11-9(5-1)10-6-2-4-8-12(10)13-11;1-2-4-7-6(3-1)8-5-9-7/h1-8H;1-4,8-9H,5H2. The quantitative estimate of drug-likeness (QED) is 0.474. The SMILES string of the molecule is c1ccc2c(c1)NCN2.c1ccc2c(c1)oc1ccccc12. The van der Waals surface area contributed by atoms with Gasteiger partial charge in [0.15, 0.2) is 0 Å². The Bertz CT molecular complexity index is 853. The molecule has 1 aromatic heterocycles. The molecule has 0 radical (unpaired) electrons. The van der Waals surface area contributed by atoms with Crippen molar-refractivity contribution in [2.45, 2.75) is 0 Å². The lowest BCUT2D eigenvalue weighted by atomic mass is 10.2. The van der Waals surface area contributed by atoms with Crippen molar-refractivity contribution in [1.82, 2.24) is 0 Å². The van der Waals surface area contributed by atoms with Crippen LogP contribution in [0.5, 0.6) is 0 Å². The third-order valence-corrected chi connectivity index (χ3v) is 3.77. The molecule has 3 aromatic carbocycles. The van der Waals surface area contributed by atoms with Crippen molar-refractivity contribution in [3.8, 4) is 0 Å². The Kier molecular flexibility index (Phi) is 3.16. The number of para-hydroxylation sites is 4. The average molecular weight is 288 g/mol. The van der Waals surface area contributed by atoms with Crippen LogP contribution in [-0.4, -0.2) is 6.67 Å². The van der Waals surface area contributed by atoms with Crippen LogP contribution in [0.15, 0.2) is 77.2 Å². The molecule has 0 aliphatic carbocycles. The molecule has 5 rings (SSSR count). The number of nitrogens with one attached hydrogen (secondary N) is 2. The van der Waals surface area contributed by atoms with Crippen molar-refractivity contribution in [2.24, 2.45) is 0 Å². The second-order valence-electron chi connectivity index (χ2n) is 5.17. The minimum Gasteiger partial charge on any atom is -0.456 e. The van der Waals surface area contributed by atoms with Crippen LogP contribution in [0.4, 0.5) is 11.4 Å². The molecular weight excluding hydrogens is 272 g/mol. The lowest BCUT2D eigenvalue weighted by Crippen LogP contribution is -1.98. The van der Waals surface area contributed by atoms with E-state index in [1.54, 1.807) is 0 Å². The number of rotatable bonds is 0. The van der Waals surface area contributed by atoms with Gasteiger partial charge in [-0.2, -0.15) is 0 Å². The number of anilines is 2. The first kappa shape index (κ1) is 12.8. The molecule has 3 heteroatoms. The summed E-state index contributed by atoms with van der Waals surface area (Å²) < 4.78 is 5.65. The zero-order chi connectivity index (χ0) is 14.8. The summed E-state index contributed by atoms with van der Waals surface area (Å²) in [4.78, 5) is 0. The first-order valence-electron chi connectivity index (χ1n) is 7.35. The second kappa shape index (κ2) is 5.45. The maximum atomic E-state index is 5.65. The van der Waals surface area contributed by atoms with Gasteiger partial charge in [-0.25, -0.2) is 0 Å². The summed E-state index contributed by atoms with van der Waals surface area (Å²) in [5.74, 6) is 0. The number of hydrogen-bond donors (Lipinski definition) is 2. The minimum absolute atomic E-state index is 0.860. The van der Waals surface area contributed by atoms with Crippen LogP contribution in [0.1, 0.15) is 0 Å². The summed E-state index contributed by atoms with van der Waals surface area (Å²) in [7, 11) is 0. The molecule has 0 amide bonds. The molecule has 4 aromatic rings. The van der Waals surface area contributed by atoms with Crippen LogP contribution < -0.4 is 10.6 Å². The summed E-state index contributed by atoms with van der Waals surface area (Å²) in [5.41, 5.74) is 4.34. The minimum atomic E-state index is 0.860. The van der Waals surface area contributed by atoms with Gasteiger partial charge in [0.1, 0.15) is 11.2 Å². The van der Waals surface area contributed by atoms with Crippen molar-refractivity contribution in [3.05, 3.63) is 72.8 Å². The van der Waals surface area contributed by atoms with Gasteiger partial charge >= 0.3 is 0 Å². The van der Waals surface area contributed by atoms with Gasteiger partial charge in [-0.05, 0) is 24.3 Å². The largest absolute Gasteiger partial charge is 0.456 e. The molecule has 0 bridgehead atoms. The van der Waals surface area contributed by atoms with Gasteiger partial charge in [0.05, 0.1) is 18.0 Å². The summed E-state index contributed by atoms with van der Waals surface area (Å²) in [6.07, 6.45) is 0. The summed E-state index contributed by atoms with van der Waals surface area (Å²) in [6, 6.07) is 24.4. The smallest absolute Gasteiger partial charge is 0.135 e. The molecule has 2 N–H and O–H groups in total. The third kappa shape index (κ3) is 2.27. The molecule has 1 aliphatic heterocycles. The van der Waals surface area contributed by atoms with Gasteiger partial charge in [0.2, 0.25) is 0 Å². The Balaban J connectivity index is 0.000000122. The van der Waals surface area contributed by atoms with Crippen molar-refractivity contribution in [2.75, 3.05) is 17.3 Å². The summed E-state index contributed by atoms with van der Waals surface area (Å²) >= 11 is 0. The number of benzene rings is 3. The van der Waals surface area contributed by atoms with E-state index in [1.807, 2.05) is 48.5 Å². The van der Waals surface area contributed by atoms with Gasteiger partial charge < -0.3 is 15.1 Å². The van der Waals surface area contributed by atoms with Crippen molar-refractivity contribution < 1.29 is 4.42 Å². The van der Waals surface area contributed by atoms with E-state index in [-0.39, 0.29) is 0 Å². The highest BCUT2D eigenvalue weighted by molar-refractivity contribution is 6.04. The number of furan rings is 1. The van der Waals surface area contributed by atoms with Crippen LogP contribution in [0.25, 0.3) is 21.9 Å².